The van der Waals surface area contributed by atoms with Gasteiger partial charge in [-0.3, -0.25) is 24.0 Å². The third-order valence-electron chi connectivity index (χ3n) is 4.56. The summed E-state index contributed by atoms with van der Waals surface area (Å²) in [7, 11) is 0. The highest BCUT2D eigenvalue weighted by atomic mass is 16.7. The summed E-state index contributed by atoms with van der Waals surface area (Å²) in [6, 6.07) is 5.15. The third kappa shape index (κ3) is 7.56. The fourth-order valence-electron chi connectivity index (χ4n) is 3.31. The highest BCUT2D eigenvalue weighted by Crippen LogP contribution is 2.29. The number of amides is 1. The lowest BCUT2D eigenvalue weighted by atomic mass is 9.96. The molecule has 5 unspecified atom stereocenters. The van der Waals surface area contributed by atoms with E-state index in [0.29, 0.717) is 5.56 Å². The van der Waals surface area contributed by atoms with Crippen molar-refractivity contribution < 1.29 is 47.7 Å². The first kappa shape index (κ1) is 25.8. The van der Waals surface area contributed by atoms with Crippen molar-refractivity contribution in [1.82, 2.24) is 5.32 Å². The van der Waals surface area contributed by atoms with E-state index in [1.165, 1.54) is 26.8 Å². The van der Waals surface area contributed by atoms with Crippen LogP contribution in [0.1, 0.15) is 45.0 Å². The predicted octanol–water partition coefficient (Wildman–Crippen LogP) is 0.924. The highest BCUT2D eigenvalue weighted by Gasteiger charge is 2.51. The molecular weight excluding hydrogens is 438 g/mol. The number of carbonyl (C=O) groups is 5. The number of Topliss-reactive ketones (excluding diaryl/α,β-unsaturated/α-hetero) is 1. The molecule has 0 radical (unpaired) electrons. The Morgan fingerprint density at radius 1 is 0.909 bits per heavy atom. The molecule has 0 bridgehead atoms. The zero-order valence-electron chi connectivity index (χ0n) is 19.0. The zero-order valence-corrected chi connectivity index (χ0v) is 19.0. The van der Waals surface area contributed by atoms with Crippen LogP contribution in [0.4, 0.5) is 0 Å². The summed E-state index contributed by atoms with van der Waals surface area (Å²) in [6.07, 6.45) is -4.79. The summed E-state index contributed by atoms with van der Waals surface area (Å²) < 4.78 is 27.6. The second-order valence-corrected chi connectivity index (χ2v) is 7.42. The van der Waals surface area contributed by atoms with Gasteiger partial charge in [-0.25, -0.2) is 0 Å². The van der Waals surface area contributed by atoms with E-state index in [2.05, 4.69) is 5.32 Å². The van der Waals surface area contributed by atoms with Crippen LogP contribution in [0.5, 0.6) is 5.75 Å². The largest absolute Gasteiger partial charge is 0.463 e. The molecule has 1 aliphatic rings. The van der Waals surface area contributed by atoms with Crippen LogP contribution in [0.2, 0.25) is 0 Å². The van der Waals surface area contributed by atoms with Gasteiger partial charge in [0.25, 0.3) is 0 Å². The van der Waals surface area contributed by atoms with Crippen molar-refractivity contribution in [3.05, 3.63) is 29.8 Å². The van der Waals surface area contributed by atoms with Gasteiger partial charge in [-0.15, -0.1) is 0 Å². The number of nitrogens with one attached hydrogen (secondary N) is 1. The van der Waals surface area contributed by atoms with Gasteiger partial charge in [0.15, 0.2) is 18.0 Å². The quantitative estimate of drug-likeness (QED) is 0.334. The van der Waals surface area contributed by atoms with Gasteiger partial charge in [-0.1, -0.05) is 12.1 Å². The molecule has 0 aromatic heterocycles. The summed E-state index contributed by atoms with van der Waals surface area (Å²) in [4.78, 5) is 58.6. The minimum atomic E-state index is -1.26. The summed E-state index contributed by atoms with van der Waals surface area (Å²) in [5.41, 5.74) is 0.380. The topological polar surface area (TPSA) is 144 Å². The summed E-state index contributed by atoms with van der Waals surface area (Å²) in [5.74, 6) is -2.47. The van der Waals surface area contributed by atoms with E-state index in [9.17, 15) is 24.0 Å². The standard InChI is InChI=1S/C22H27NO10/c1-11(24)16-7-6-8-17(9-16)32-22-19(23-12(2)25)21(31-15(5)28)20(30-14(4)27)18(33-22)10-29-13(3)26/h6-9,18-22H,10H2,1-5H3,(H,23,25). The molecule has 1 heterocycles. The van der Waals surface area contributed by atoms with Crippen LogP contribution in [0.15, 0.2) is 24.3 Å². The van der Waals surface area contributed by atoms with E-state index >= 15 is 0 Å². The van der Waals surface area contributed by atoms with Crippen molar-refractivity contribution in [3.8, 4) is 5.75 Å². The summed E-state index contributed by atoms with van der Waals surface area (Å²) in [6.45, 7) is 5.78. The minimum Gasteiger partial charge on any atom is -0.463 e. The van der Waals surface area contributed by atoms with Crippen molar-refractivity contribution in [2.75, 3.05) is 6.61 Å². The van der Waals surface area contributed by atoms with E-state index in [4.69, 9.17) is 23.7 Å². The second kappa shape index (κ2) is 11.4. The molecule has 11 nitrogen and oxygen atoms in total. The number of esters is 3. The molecule has 0 spiro atoms. The Morgan fingerprint density at radius 3 is 2.09 bits per heavy atom. The molecule has 180 valence electrons. The van der Waals surface area contributed by atoms with E-state index < -0.39 is 54.5 Å². The zero-order chi connectivity index (χ0) is 24.7. The Morgan fingerprint density at radius 2 is 1.55 bits per heavy atom. The molecule has 1 N–H and O–H groups in total. The van der Waals surface area contributed by atoms with Gasteiger partial charge in [0.1, 0.15) is 24.5 Å². The number of ketones is 1. The number of benzene rings is 1. The molecular formula is C22H27NO10. The maximum atomic E-state index is 11.9. The normalized spacial score (nSPS) is 24.2. The van der Waals surface area contributed by atoms with Crippen molar-refractivity contribution in [2.24, 2.45) is 0 Å². The van der Waals surface area contributed by atoms with E-state index in [1.54, 1.807) is 18.2 Å². The highest BCUT2D eigenvalue weighted by molar-refractivity contribution is 5.94. The Labute approximate surface area is 190 Å². The molecule has 33 heavy (non-hydrogen) atoms. The molecule has 1 aromatic rings. The predicted molar refractivity (Wildman–Crippen MR) is 111 cm³/mol. The lowest BCUT2D eigenvalue weighted by Gasteiger charge is -2.44. The smallest absolute Gasteiger partial charge is 0.303 e. The van der Waals surface area contributed by atoms with Crippen molar-refractivity contribution in [2.45, 2.75) is 65.3 Å². The van der Waals surface area contributed by atoms with Gasteiger partial charge in [-0.05, 0) is 19.1 Å². The minimum absolute atomic E-state index is 0.191. The van der Waals surface area contributed by atoms with E-state index in [-0.39, 0.29) is 18.1 Å². The van der Waals surface area contributed by atoms with E-state index in [0.717, 1.165) is 13.8 Å². The lowest BCUT2D eigenvalue weighted by Crippen LogP contribution is -2.67. The third-order valence-corrected chi connectivity index (χ3v) is 4.56. The average Bonchev–Trinajstić information content (AvgIpc) is 2.70. The Hall–Kier alpha value is -3.47. The molecule has 1 saturated heterocycles. The lowest BCUT2D eigenvalue weighted by molar-refractivity contribution is -0.257. The first-order chi connectivity index (χ1) is 15.5. The van der Waals surface area contributed by atoms with Crippen LogP contribution in [0, 0.1) is 0 Å². The van der Waals surface area contributed by atoms with Crippen LogP contribution < -0.4 is 10.1 Å². The molecule has 11 heteroatoms. The van der Waals surface area contributed by atoms with Gasteiger partial charge < -0.3 is 29.0 Å². The van der Waals surface area contributed by atoms with Gasteiger partial charge in [0.2, 0.25) is 12.2 Å². The monoisotopic (exact) mass is 465 g/mol. The number of hydrogen-bond donors (Lipinski definition) is 1. The van der Waals surface area contributed by atoms with Crippen LogP contribution in [0.3, 0.4) is 0 Å². The van der Waals surface area contributed by atoms with Gasteiger partial charge >= 0.3 is 17.9 Å². The molecule has 1 aromatic carbocycles. The summed E-state index contributed by atoms with van der Waals surface area (Å²) in [5, 5.41) is 2.60. The van der Waals surface area contributed by atoms with E-state index in [1.807, 2.05) is 0 Å². The van der Waals surface area contributed by atoms with Crippen molar-refractivity contribution in [3.63, 3.8) is 0 Å². The van der Waals surface area contributed by atoms with Crippen LogP contribution in [-0.4, -0.2) is 66.8 Å². The van der Waals surface area contributed by atoms with Gasteiger partial charge in [0.05, 0.1) is 0 Å². The first-order valence-electron chi connectivity index (χ1n) is 10.2. The van der Waals surface area contributed by atoms with Crippen LogP contribution >= 0.6 is 0 Å². The SMILES string of the molecule is CC(=O)NC1C(Oc2cccc(C(C)=O)c2)OC(COC(C)=O)C(OC(C)=O)C1OC(C)=O. The molecule has 1 aliphatic heterocycles. The number of carbonyl (C=O) groups excluding carboxylic acids is 5. The van der Waals surface area contributed by atoms with Crippen LogP contribution in [-0.2, 0) is 38.1 Å². The number of rotatable bonds is 8. The molecule has 5 atom stereocenters. The van der Waals surface area contributed by atoms with Crippen molar-refractivity contribution >= 4 is 29.6 Å². The Balaban J connectivity index is 2.47. The molecule has 2 rings (SSSR count). The summed E-state index contributed by atoms with van der Waals surface area (Å²) >= 11 is 0. The van der Waals surface area contributed by atoms with Gasteiger partial charge in [-0.2, -0.15) is 0 Å². The first-order valence-corrected chi connectivity index (χ1v) is 10.2. The fraction of sp³-hybridized carbons (Fsp3) is 0.500. The molecule has 0 aliphatic carbocycles. The number of hydrogen-bond acceptors (Lipinski definition) is 10. The second-order valence-electron chi connectivity index (χ2n) is 7.42. The van der Waals surface area contributed by atoms with Crippen molar-refractivity contribution in [1.29, 1.82) is 0 Å². The molecule has 1 fully saturated rings. The molecule has 0 saturated carbocycles. The average molecular weight is 465 g/mol. The fourth-order valence-corrected chi connectivity index (χ4v) is 3.31. The Bertz CT molecular complexity index is 914. The number of ether oxygens (including phenoxy) is 5. The van der Waals surface area contributed by atoms with Gasteiger partial charge in [0, 0.05) is 33.3 Å². The maximum Gasteiger partial charge on any atom is 0.303 e. The molecule has 1 amide bonds. The Kier molecular flexibility index (Phi) is 8.92. The maximum absolute atomic E-state index is 11.9. The van der Waals surface area contributed by atoms with Crippen LogP contribution in [0.25, 0.3) is 0 Å².